The fourth-order valence-electron chi connectivity index (χ4n) is 3.13. The second kappa shape index (κ2) is 7.51. The van der Waals surface area contributed by atoms with Gasteiger partial charge in [0.15, 0.2) is 0 Å². The van der Waals surface area contributed by atoms with Crippen LogP contribution in [0.2, 0.25) is 0 Å². The molecule has 0 radical (unpaired) electrons. The van der Waals surface area contributed by atoms with Gasteiger partial charge in [-0.25, -0.2) is 0 Å². The predicted molar refractivity (Wildman–Crippen MR) is 100 cm³/mol. The van der Waals surface area contributed by atoms with Crippen LogP contribution in [0.15, 0.2) is 33.9 Å². The van der Waals surface area contributed by atoms with Crippen molar-refractivity contribution in [3.8, 4) is 0 Å². The van der Waals surface area contributed by atoms with Gasteiger partial charge < -0.3 is 15.5 Å². The van der Waals surface area contributed by atoms with E-state index < -0.39 is 10.9 Å². The summed E-state index contributed by atoms with van der Waals surface area (Å²) >= 11 is 0. The van der Waals surface area contributed by atoms with Gasteiger partial charge in [0.05, 0.1) is 0 Å². The fraction of sp³-hybridized carbons (Fsp3) is 0.421. The van der Waals surface area contributed by atoms with E-state index in [1.165, 1.54) is 5.56 Å². The number of hydrogen-bond acceptors (Lipinski definition) is 5. The van der Waals surface area contributed by atoms with Gasteiger partial charge in [0.2, 0.25) is 5.91 Å². The average molecular weight is 341 g/mol. The van der Waals surface area contributed by atoms with Gasteiger partial charge in [-0.15, -0.1) is 0 Å². The number of amides is 1. The predicted octanol–water partition coefficient (Wildman–Crippen LogP) is 1.89. The van der Waals surface area contributed by atoms with Crippen molar-refractivity contribution >= 4 is 23.0 Å². The topological polar surface area (TPSA) is 78.5 Å². The Morgan fingerprint density at radius 1 is 1.08 bits per heavy atom. The number of hydrogen-bond donors (Lipinski definition) is 2. The largest absolute Gasteiger partial charge is 0.379 e. The number of benzene rings is 1. The molecule has 1 amide bonds. The highest BCUT2D eigenvalue weighted by Gasteiger charge is 2.27. The molecular weight excluding hydrogens is 318 g/mol. The van der Waals surface area contributed by atoms with Crippen molar-refractivity contribution < 1.29 is 4.79 Å². The highest BCUT2D eigenvalue weighted by molar-refractivity contribution is 5.91. The SMILES string of the molecule is CCc1ccc(NC(=O)CCNc2c(N3CCCC3)c(=O)c2=O)cc1. The smallest absolute Gasteiger partial charge is 0.253 e. The van der Waals surface area contributed by atoms with Gasteiger partial charge in [0, 0.05) is 31.7 Å². The molecule has 6 nitrogen and oxygen atoms in total. The number of anilines is 3. The molecule has 0 aromatic heterocycles. The molecule has 1 aliphatic rings. The summed E-state index contributed by atoms with van der Waals surface area (Å²) in [5.41, 5.74) is 1.95. The van der Waals surface area contributed by atoms with Crippen LogP contribution in [0.4, 0.5) is 17.1 Å². The molecule has 0 spiro atoms. The normalized spacial score (nSPS) is 14.0. The number of nitrogens with zero attached hydrogens (tertiary/aromatic N) is 1. The summed E-state index contributed by atoms with van der Waals surface area (Å²) in [6, 6.07) is 7.73. The first-order chi connectivity index (χ1) is 12.1. The molecule has 2 aromatic carbocycles. The first-order valence-electron chi connectivity index (χ1n) is 8.81. The van der Waals surface area contributed by atoms with E-state index in [2.05, 4.69) is 17.6 Å². The van der Waals surface area contributed by atoms with Crippen molar-refractivity contribution in [2.24, 2.45) is 0 Å². The fourth-order valence-corrected chi connectivity index (χ4v) is 3.13. The lowest BCUT2D eigenvalue weighted by atomic mass is 10.1. The molecule has 0 bridgehead atoms. The molecule has 0 saturated carbocycles. The monoisotopic (exact) mass is 341 g/mol. The minimum absolute atomic E-state index is 0.127. The molecule has 132 valence electrons. The van der Waals surface area contributed by atoms with Gasteiger partial charge in [-0.05, 0) is 37.0 Å². The molecule has 0 aliphatic carbocycles. The molecule has 25 heavy (non-hydrogen) atoms. The molecular formula is C19H23N3O3. The van der Waals surface area contributed by atoms with Crippen LogP contribution in [0.25, 0.3) is 0 Å². The van der Waals surface area contributed by atoms with Crippen LogP contribution in [-0.4, -0.2) is 25.5 Å². The minimum Gasteiger partial charge on any atom is -0.379 e. The van der Waals surface area contributed by atoms with Gasteiger partial charge in [-0.1, -0.05) is 19.1 Å². The zero-order valence-corrected chi connectivity index (χ0v) is 14.4. The zero-order chi connectivity index (χ0) is 17.8. The number of carbonyl (C=O) groups is 1. The maximum absolute atomic E-state index is 12.0. The Morgan fingerprint density at radius 2 is 1.76 bits per heavy atom. The standard InChI is InChI=1S/C19H23N3O3/c1-2-13-5-7-14(8-6-13)21-15(23)9-10-20-16-17(19(25)18(16)24)22-11-3-4-12-22/h5-8,20H,2-4,9-12H2,1H3,(H,21,23). The molecule has 0 atom stereocenters. The molecule has 0 unspecified atom stereocenters. The third kappa shape index (κ3) is 3.73. The Morgan fingerprint density at radius 3 is 2.40 bits per heavy atom. The number of carbonyl (C=O) groups excluding carboxylic acids is 1. The molecule has 1 saturated heterocycles. The summed E-state index contributed by atoms with van der Waals surface area (Å²) in [7, 11) is 0. The van der Waals surface area contributed by atoms with E-state index in [1.54, 1.807) is 0 Å². The van der Waals surface area contributed by atoms with E-state index in [9.17, 15) is 14.4 Å². The van der Waals surface area contributed by atoms with Crippen LogP contribution < -0.4 is 26.4 Å². The van der Waals surface area contributed by atoms with E-state index in [1.807, 2.05) is 29.2 Å². The molecule has 1 heterocycles. The lowest BCUT2D eigenvalue weighted by molar-refractivity contribution is -0.115. The second-order valence-electron chi connectivity index (χ2n) is 6.35. The molecule has 2 N–H and O–H groups in total. The molecule has 1 aliphatic heterocycles. The van der Waals surface area contributed by atoms with Crippen molar-refractivity contribution in [1.29, 1.82) is 0 Å². The summed E-state index contributed by atoms with van der Waals surface area (Å²) in [5.74, 6) is -0.127. The average Bonchev–Trinajstić information content (AvgIpc) is 3.14. The zero-order valence-electron chi connectivity index (χ0n) is 14.4. The van der Waals surface area contributed by atoms with Crippen LogP contribution in [0.3, 0.4) is 0 Å². The Kier molecular flexibility index (Phi) is 5.16. The first-order valence-corrected chi connectivity index (χ1v) is 8.81. The molecule has 6 heteroatoms. The maximum Gasteiger partial charge on any atom is 0.253 e. The number of aryl methyl sites for hydroxylation is 1. The number of nitrogens with one attached hydrogen (secondary N) is 2. The maximum atomic E-state index is 12.0. The third-order valence-electron chi connectivity index (χ3n) is 4.61. The lowest BCUT2D eigenvalue weighted by Crippen LogP contribution is -2.42. The third-order valence-corrected chi connectivity index (χ3v) is 4.61. The Balaban J connectivity index is 1.51. The van der Waals surface area contributed by atoms with E-state index >= 15 is 0 Å². The molecule has 2 aromatic rings. The summed E-state index contributed by atoms with van der Waals surface area (Å²) < 4.78 is 0. The van der Waals surface area contributed by atoms with Crippen LogP contribution in [0.1, 0.15) is 31.7 Å². The van der Waals surface area contributed by atoms with Crippen molar-refractivity contribution in [3.05, 3.63) is 50.3 Å². The summed E-state index contributed by atoms with van der Waals surface area (Å²) in [6.45, 7) is 4.03. The lowest BCUT2D eigenvalue weighted by Gasteiger charge is -2.22. The summed E-state index contributed by atoms with van der Waals surface area (Å²) in [6.07, 6.45) is 3.27. The Bertz CT molecular complexity index is 813. The van der Waals surface area contributed by atoms with Crippen molar-refractivity contribution in [2.45, 2.75) is 32.6 Å². The highest BCUT2D eigenvalue weighted by atomic mass is 16.2. The van der Waals surface area contributed by atoms with E-state index in [4.69, 9.17) is 0 Å². The van der Waals surface area contributed by atoms with Gasteiger partial charge >= 0.3 is 0 Å². The quantitative estimate of drug-likeness (QED) is 0.752. The van der Waals surface area contributed by atoms with Crippen LogP contribution >= 0.6 is 0 Å². The molecule has 1 fully saturated rings. The van der Waals surface area contributed by atoms with Crippen molar-refractivity contribution in [2.75, 3.05) is 35.2 Å². The minimum atomic E-state index is -0.475. The van der Waals surface area contributed by atoms with E-state index in [-0.39, 0.29) is 12.3 Å². The number of rotatable bonds is 7. The van der Waals surface area contributed by atoms with Gasteiger partial charge in [-0.2, -0.15) is 0 Å². The Labute approximate surface area is 146 Å². The van der Waals surface area contributed by atoms with Gasteiger partial charge in [0.1, 0.15) is 11.4 Å². The molecule has 3 rings (SSSR count). The van der Waals surface area contributed by atoms with E-state index in [0.29, 0.717) is 17.9 Å². The second-order valence-corrected chi connectivity index (χ2v) is 6.35. The van der Waals surface area contributed by atoms with Gasteiger partial charge in [0.25, 0.3) is 10.9 Å². The van der Waals surface area contributed by atoms with Crippen molar-refractivity contribution in [1.82, 2.24) is 0 Å². The van der Waals surface area contributed by atoms with Crippen LogP contribution in [-0.2, 0) is 11.2 Å². The van der Waals surface area contributed by atoms with Crippen molar-refractivity contribution in [3.63, 3.8) is 0 Å². The highest BCUT2D eigenvalue weighted by Crippen LogP contribution is 2.24. The van der Waals surface area contributed by atoms with Crippen LogP contribution in [0, 0.1) is 0 Å². The van der Waals surface area contributed by atoms with Gasteiger partial charge in [-0.3, -0.25) is 14.4 Å². The van der Waals surface area contributed by atoms with Crippen LogP contribution in [0.5, 0.6) is 0 Å². The Hall–Kier alpha value is -2.63. The first kappa shape index (κ1) is 17.2. The van der Waals surface area contributed by atoms with E-state index in [0.717, 1.165) is 38.0 Å². The summed E-state index contributed by atoms with van der Waals surface area (Å²) in [4.78, 5) is 37.5. The summed E-state index contributed by atoms with van der Waals surface area (Å²) in [5, 5.41) is 5.80.